The number of ether oxygens (including phenoxy) is 1. The van der Waals surface area contributed by atoms with Gasteiger partial charge in [-0.15, -0.1) is 0 Å². The van der Waals surface area contributed by atoms with Gasteiger partial charge in [0, 0.05) is 36.5 Å². The zero-order chi connectivity index (χ0) is 20.9. The number of ketones is 1. The molecule has 0 bridgehead atoms. The van der Waals surface area contributed by atoms with E-state index in [1.54, 1.807) is 25.4 Å². The van der Waals surface area contributed by atoms with Gasteiger partial charge in [-0.25, -0.2) is 4.98 Å². The zero-order valence-electron chi connectivity index (χ0n) is 16.2. The van der Waals surface area contributed by atoms with Crippen molar-refractivity contribution in [3.05, 3.63) is 41.9 Å². The van der Waals surface area contributed by atoms with Crippen LogP contribution >= 0.6 is 0 Å². The lowest BCUT2D eigenvalue weighted by molar-refractivity contribution is -0.134. The standard InChI is InChI=1S/C18H20N4O2.C2H4O2/c1-11-7-16(24-10-18(5-6-18)12(2)23)22-9-14(11)13-3-4-15(17(19)20)21-8-13;1-2(3)4/h3-4,7-9H,5-6,10H2,1-2H3,(H3,19,20);1H3,(H,3,4). The summed E-state index contributed by atoms with van der Waals surface area (Å²) in [5.41, 5.74) is 8.42. The number of hydrogen-bond acceptors (Lipinski definition) is 6. The van der Waals surface area contributed by atoms with E-state index < -0.39 is 5.97 Å². The topological polar surface area (TPSA) is 139 Å². The Morgan fingerprint density at radius 3 is 2.32 bits per heavy atom. The summed E-state index contributed by atoms with van der Waals surface area (Å²) in [7, 11) is 0. The molecule has 1 fully saturated rings. The Labute approximate surface area is 163 Å². The molecule has 2 aromatic rings. The van der Waals surface area contributed by atoms with Crippen molar-refractivity contribution < 1.29 is 19.4 Å². The monoisotopic (exact) mass is 384 g/mol. The summed E-state index contributed by atoms with van der Waals surface area (Å²) in [4.78, 5) is 29.1. The predicted octanol–water partition coefficient (Wildman–Crippen LogP) is 2.57. The molecule has 0 aliphatic heterocycles. The molecule has 28 heavy (non-hydrogen) atoms. The van der Waals surface area contributed by atoms with Gasteiger partial charge in [-0.05, 0) is 38.3 Å². The number of nitrogens with zero attached hydrogens (tertiary/aromatic N) is 2. The first-order chi connectivity index (χ1) is 13.1. The first kappa shape index (κ1) is 21.0. The third-order valence-corrected chi connectivity index (χ3v) is 4.53. The number of Topliss-reactive ketones (excluding diaryl/α,β-unsaturated/α-hetero) is 1. The summed E-state index contributed by atoms with van der Waals surface area (Å²) in [6, 6.07) is 5.44. The van der Waals surface area contributed by atoms with E-state index in [9.17, 15) is 4.79 Å². The van der Waals surface area contributed by atoms with E-state index in [4.69, 9.17) is 25.8 Å². The Hall–Kier alpha value is -3.29. The fraction of sp³-hybridized carbons (Fsp3) is 0.350. The molecule has 0 spiro atoms. The van der Waals surface area contributed by atoms with Gasteiger partial charge in [0.2, 0.25) is 5.88 Å². The van der Waals surface area contributed by atoms with Crippen LogP contribution in [0.15, 0.2) is 30.6 Å². The lowest BCUT2D eigenvalue weighted by Gasteiger charge is -2.13. The quantitative estimate of drug-likeness (QED) is 0.514. The van der Waals surface area contributed by atoms with Gasteiger partial charge in [0.1, 0.15) is 23.9 Å². The molecular weight excluding hydrogens is 360 g/mol. The number of aromatic nitrogens is 2. The van der Waals surface area contributed by atoms with Gasteiger partial charge in [-0.1, -0.05) is 6.07 Å². The SMILES string of the molecule is CC(=O)C1(COc2cc(C)c(-c3ccc(C(=N)N)nc3)cn2)CC1.CC(=O)O. The number of hydrogen-bond donors (Lipinski definition) is 3. The Morgan fingerprint density at radius 2 is 1.89 bits per heavy atom. The molecule has 0 aromatic carbocycles. The first-order valence-electron chi connectivity index (χ1n) is 8.75. The van der Waals surface area contributed by atoms with Gasteiger partial charge in [0.15, 0.2) is 0 Å². The Morgan fingerprint density at radius 1 is 1.25 bits per heavy atom. The highest BCUT2D eigenvalue weighted by molar-refractivity contribution is 5.93. The van der Waals surface area contributed by atoms with E-state index in [1.165, 1.54) is 0 Å². The van der Waals surface area contributed by atoms with Crippen LogP contribution in [0, 0.1) is 17.7 Å². The number of nitrogens with one attached hydrogen (secondary N) is 1. The van der Waals surface area contributed by atoms with Gasteiger partial charge in [0.05, 0.1) is 5.41 Å². The van der Waals surface area contributed by atoms with E-state index in [0.29, 0.717) is 18.2 Å². The number of amidine groups is 1. The molecule has 8 nitrogen and oxygen atoms in total. The second kappa shape index (κ2) is 8.60. The number of nitrogen functional groups attached to an aromatic ring is 1. The highest BCUT2D eigenvalue weighted by Gasteiger charge is 2.48. The number of nitrogens with two attached hydrogens (primary N) is 1. The Balaban J connectivity index is 0.000000640. The predicted molar refractivity (Wildman–Crippen MR) is 104 cm³/mol. The van der Waals surface area contributed by atoms with Gasteiger partial charge in [-0.2, -0.15) is 0 Å². The molecule has 0 saturated heterocycles. The number of aryl methyl sites for hydroxylation is 1. The highest BCUT2D eigenvalue weighted by atomic mass is 16.5. The van der Waals surface area contributed by atoms with Gasteiger partial charge < -0.3 is 15.6 Å². The number of carboxylic acids is 1. The molecule has 0 unspecified atom stereocenters. The van der Waals surface area contributed by atoms with E-state index in [2.05, 4.69) is 9.97 Å². The summed E-state index contributed by atoms with van der Waals surface area (Å²) in [5, 5.41) is 14.8. The fourth-order valence-corrected chi connectivity index (χ4v) is 2.58. The van der Waals surface area contributed by atoms with Crippen LogP contribution < -0.4 is 10.5 Å². The molecule has 1 aliphatic carbocycles. The van der Waals surface area contributed by atoms with Crippen molar-refractivity contribution in [2.75, 3.05) is 6.61 Å². The van der Waals surface area contributed by atoms with E-state index >= 15 is 0 Å². The molecule has 0 amide bonds. The van der Waals surface area contributed by atoms with Crippen LogP contribution in [0.25, 0.3) is 11.1 Å². The normalized spacial score (nSPS) is 13.7. The number of carbonyl (C=O) groups is 2. The zero-order valence-corrected chi connectivity index (χ0v) is 16.2. The van der Waals surface area contributed by atoms with Crippen molar-refractivity contribution in [1.82, 2.24) is 9.97 Å². The Kier molecular flexibility index (Phi) is 6.45. The lowest BCUT2D eigenvalue weighted by Crippen LogP contribution is -2.21. The van der Waals surface area contributed by atoms with Crippen molar-refractivity contribution in [2.24, 2.45) is 11.1 Å². The minimum atomic E-state index is -0.833. The molecule has 148 valence electrons. The van der Waals surface area contributed by atoms with Crippen LogP contribution in [-0.2, 0) is 9.59 Å². The summed E-state index contributed by atoms with van der Waals surface area (Å²) in [5.74, 6) is -0.177. The summed E-state index contributed by atoms with van der Waals surface area (Å²) in [6.07, 6.45) is 5.21. The number of carboxylic acid groups (broad SMARTS) is 1. The number of rotatable bonds is 6. The van der Waals surface area contributed by atoms with Crippen LogP contribution in [-0.4, -0.2) is 39.3 Å². The minimum Gasteiger partial charge on any atom is -0.481 e. The molecular formula is C20H24N4O4. The first-order valence-corrected chi connectivity index (χ1v) is 8.75. The van der Waals surface area contributed by atoms with Crippen LogP contribution in [0.1, 0.15) is 37.9 Å². The lowest BCUT2D eigenvalue weighted by atomic mass is 10.0. The van der Waals surface area contributed by atoms with E-state index in [-0.39, 0.29) is 17.0 Å². The molecule has 3 rings (SSSR count). The third-order valence-electron chi connectivity index (χ3n) is 4.53. The summed E-state index contributed by atoms with van der Waals surface area (Å²) < 4.78 is 5.72. The molecule has 2 aromatic heterocycles. The number of aliphatic carboxylic acids is 1. The molecule has 8 heteroatoms. The maximum Gasteiger partial charge on any atom is 0.300 e. The van der Waals surface area contributed by atoms with Gasteiger partial charge >= 0.3 is 0 Å². The molecule has 4 N–H and O–H groups in total. The highest BCUT2D eigenvalue weighted by Crippen LogP contribution is 2.46. The average Bonchev–Trinajstić information content (AvgIpc) is 3.41. The van der Waals surface area contributed by atoms with Crippen LogP contribution in [0.4, 0.5) is 0 Å². The number of carbonyl (C=O) groups excluding carboxylic acids is 1. The molecule has 1 aliphatic rings. The van der Waals surface area contributed by atoms with Gasteiger partial charge in [-0.3, -0.25) is 20.0 Å². The van der Waals surface area contributed by atoms with Crippen molar-refractivity contribution in [3.63, 3.8) is 0 Å². The molecule has 0 radical (unpaired) electrons. The minimum absolute atomic E-state index is 0.0559. The molecule has 0 atom stereocenters. The van der Waals surface area contributed by atoms with Crippen LogP contribution in [0.2, 0.25) is 0 Å². The van der Waals surface area contributed by atoms with Crippen molar-refractivity contribution in [2.45, 2.75) is 33.6 Å². The van der Waals surface area contributed by atoms with Crippen molar-refractivity contribution in [1.29, 1.82) is 5.41 Å². The smallest absolute Gasteiger partial charge is 0.300 e. The van der Waals surface area contributed by atoms with Crippen LogP contribution in [0.5, 0.6) is 5.88 Å². The second-order valence-electron chi connectivity index (χ2n) is 6.83. The second-order valence-corrected chi connectivity index (χ2v) is 6.83. The van der Waals surface area contributed by atoms with E-state index in [0.717, 1.165) is 36.5 Å². The maximum atomic E-state index is 11.6. The molecule has 2 heterocycles. The Bertz CT molecular complexity index is 886. The van der Waals surface area contributed by atoms with Gasteiger partial charge in [0.25, 0.3) is 5.97 Å². The average molecular weight is 384 g/mol. The fourth-order valence-electron chi connectivity index (χ4n) is 2.58. The summed E-state index contributed by atoms with van der Waals surface area (Å²) >= 11 is 0. The van der Waals surface area contributed by atoms with Crippen molar-refractivity contribution >= 4 is 17.6 Å². The number of pyridine rings is 2. The third kappa shape index (κ3) is 5.35. The molecule has 1 saturated carbocycles. The largest absolute Gasteiger partial charge is 0.481 e. The van der Waals surface area contributed by atoms with Crippen LogP contribution in [0.3, 0.4) is 0 Å². The maximum absolute atomic E-state index is 11.6. The van der Waals surface area contributed by atoms with Crippen molar-refractivity contribution in [3.8, 4) is 17.0 Å². The van der Waals surface area contributed by atoms with E-state index in [1.807, 2.05) is 19.1 Å². The summed E-state index contributed by atoms with van der Waals surface area (Å²) in [6.45, 7) is 5.07.